The molecule has 3 atom stereocenters. The second kappa shape index (κ2) is 6.84. The molecule has 1 amide bonds. The van der Waals surface area contributed by atoms with Crippen LogP contribution in [0.15, 0.2) is 48.8 Å². The molecule has 1 aliphatic heterocycles. The van der Waals surface area contributed by atoms with Crippen LogP contribution in [0.1, 0.15) is 28.8 Å². The van der Waals surface area contributed by atoms with Crippen LogP contribution in [-0.4, -0.2) is 34.9 Å². The molecule has 130 valence electrons. The zero-order valence-electron chi connectivity index (χ0n) is 14.3. The van der Waals surface area contributed by atoms with E-state index in [9.17, 15) is 4.79 Å². The van der Waals surface area contributed by atoms with Crippen LogP contribution in [0, 0.1) is 11.8 Å². The number of para-hydroxylation sites is 1. The summed E-state index contributed by atoms with van der Waals surface area (Å²) in [6.07, 6.45) is 5.84. The summed E-state index contributed by atoms with van der Waals surface area (Å²) in [5.41, 5.74) is 8.90. The Kier molecular flexibility index (Phi) is 4.40. The molecule has 5 nitrogen and oxygen atoms in total. The number of nitrogens with one attached hydrogen (secondary N) is 1. The summed E-state index contributed by atoms with van der Waals surface area (Å²) in [5, 5.41) is 3.38. The van der Waals surface area contributed by atoms with E-state index in [2.05, 4.69) is 10.3 Å². The minimum absolute atomic E-state index is 0.107. The number of pyridine rings is 1. The van der Waals surface area contributed by atoms with E-state index in [-0.39, 0.29) is 11.9 Å². The first-order valence-corrected chi connectivity index (χ1v) is 8.99. The predicted molar refractivity (Wildman–Crippen MR) is 98.1 cm³/mol. The van der Waals surface area contributed by atoms with Crippen molar-refractivity contribution in [3.05, 3.63) is 59.9 Å². The zero-order valence-corrected chi connectivity index (χ0v) is 14.3. The second-order valence-electron chi connectivity index (χ2n) is 7.14. The van der Waals surface area contributed by atoms with Crippen LogP contribution in [-0.2, 0) is 6.54 Å². The number of nitrogens with two attached hydrogens (primary N) is 1. The summed E-state index contributed by atoms with van der Waals surface area (Å²) >= 11 is 0. The first kappa shape index (κ1) is 16.1. The molecule has 0 bridgehead atoms. The Balaban J connectivity index is 1.48. The maximum Gasteiger partial charge on any atom is 0.255 e. The number of anilines is 1. The fourth-order valence-corrected chi connectivity index (χ4v) is 4.17. The quantitative estimate of drug-likeness (QED) is 0.900. The van der Waals surface area contributed by atoms with Crippen LogP contribution in [0.25, 0.3) is 0 Å². The minimum atomic E-state index is 0.107. The summed E-state index contributed by atoms with van der Waals surface area (Å²) < 4.78 is 0. The zero-order chi connectivity index (χ0) is 17.2. The fourth-order valence-electron chi connectivity index (χ4n) is 4.17. The Morgan fingerprint density at radius 3 is 2.88 bits per heavy atom. The molecule has 1 aromatic heterocycles. The number of rotatable bonds is 4. The van der Waals surface area contributed by atoms with E-state index in [0.29, 0.717) is 18.4 Å². The molecule has 3 unspecified atom stereocenters. The van der Waals surface area contributed by atoms with E-state index in [1.165, 1.54) is 0 Å². The first-order chi connectivity index (χ1) is 12.2. The van der Waals surface area contributed by atoms with Crippen molar-refractivity contribution >= 4 is 11.6 Å². The number of benzene rings is 1. The fraction of sp³-hybridized carbons (Fsp3) is 0.400. The number of hydrogen-bond donors (Lipinski definition) is 2. The first-order valence-electron chi connectivity index (χ1n) is 8.99. The van der Waals surface area contributed by atoms with Gasteiger partial charge in [-0.2, -0.15) is 0 Å². The third-order valence-corrected chi connectivity index (χ3v) is 5.56. The van der Waals surface area contributed by atoms with Gasteiger partial charge in [0.2, 0.25) is 0 Å². The van der Waals surface area contributed by atoms with E-state index in [4.69, 9.17) is 5.73 Å². The summed E-state index contributed by atoms with van der Waals surface area (Å²) in [7, 11) is 0. The van der Waals surface area contributed by atoms with Crippen LogP contribution in [0.4, 0.5) is 5.69 Å². The normalized spacial score (nSPS) is 25.0. The van der Waals surface area contributed by atoms with Crippen molar-refractivity contribution in [1.29, 1.82) is 0 Å². The lowest BCUT2D eigenvalue weighted by Crippen LogP contribution is -2.33. The van der Waals surface area contributed by atoms with E-state index in [1.54, 1.807) is 6.20 Å². The van der Waals surface area contributed by atoms with Crippen LogP contribution in [0.5, 0.6) is 0 Å². The number of fused-ring (bicyclic) bond motifs is 1. The molecule has 2 heterocycles. The summed E-state index contributed by atoms with van der Waals surface area (Å²) in [6, 6.07) is 11.9. The molecule has 1 aliphatic carbocycles. The highest BCUT2D eigenvalue weighted by atomic mass is 16.2. The Morgan fingerprint density at radius 1 is 1.20 bits per heavy atom. The number of amides is 1. The number of hydrogen-bond acceptors (Lipinski definition) is 4. The van der Waals surface area contributed by atoms with Gasteiger partial charge < -0.3 is 16.0 Å². The van der Waals surface area contributed by atoms with Crippen molar-refractivity contribution in [2.24, 2.45) is 17.6 Å². The molecule has 1 saturated carbocycles. The van der Waals surface area contributed by atoms with E-state index >= 15 is 0 Å². The topological polar surface area (TPSA) is 71.2 Å². The lowest BCUT2D eigenvalue weighted by molar-refractivity contribution is 0.0780. The monoisotopic (exact) mass is 336 g/mol. The summed E-state index contributed by atoms with van der Waals surface area (Å²) in [4.78, 5) is 19.2. The lowest BCUT2D eigenvalue weighted by Gasteiger charge is -2.21. The SMILES string of the molecule is NC1CCC2CN(C(=O)c3ccccc3NCc3cccnc3)CC12. The average molecular weight is 336 g/mol. The van der Waals surface area contributed by atoms with Gasteiger partial charge >= 0.3 is 0 Å². The smallest absolute Gasteiger partial charge is 0.255 e. The van der Waals surface area contributed by atoms with Gasteiger partial charge in [0.25, 0.3) is 5.91 Å². The van der Waals surface area contributed by atoms with Crippen molar-refractivity contribution in [2.75, 3.05) is 18.4 Å². The molecular formula is C20H24N4O. The van der Waals surface area contributed by atoms with Crippen LogP contribution in [0.2, 0.25) is 0 Å². The van der Waals surface area contributed by atoms with Gasteiger partial charge in [0.15, 0.2) is 0 Å². The third kappa shape index (κ3) is 3.24. The summed E-state index contributed by atoms with van der Waals surface area (Å²) in [6.45, 7) is 2.28. The Hall–Kier alpha value is -2.40. The highest BCUT2D eigenvalue weighted by molar-refractivity contribution is 5.99. The van der Waals surface area contributed by atoms with Crippen molar-refractivity contribution in [3.8, 4) is 0 Å². The molecule has 5 heteroatoms. The van der Waals surface area contributed by atoms with Crippen molar-refractivity contribution < 1.29 is 4.79 Å². The molecule has 4 rings (SSSR count). The van der Waals surface area contributed by atoms with Crippen LogP contribution >= 0.6 is 0 Å². The molecule has 1 saturated heterocycles. The number of carbonyl (C=O) groups excluding carboxylic acids is 1. The highest BCUT2D eigenvalue weighted by Crippen LogP contribution is 2.38. The van der Waals surface area contributed by atoms with Gasteiger partial charge in [-0.25, -0.2) is 0 Å². The Morgan fingerprint density at radius 2 is 2.08 bits per heavy atom. The number of nitrogens with zero attached hydrogens (tertiary/aromatic N) is 2. The van der Waals surface area contributed by atoms with Crippen molar-refractivity contribution in [2.45, 2.75) is 25.4 Å². The lowest BCUT2D eigenvalue weighted by atomic mass is 9.98. The molecule has 3 N–H and O–H groups in total. The molecule has 2 fully saturated rings. The number of carbonyl (C=O) groups is 1. The van der Waals surface area contributed by atoms with Gasteiger partial charge in [0, 0.05) is 43.8 Å². The molecule has 1 aromatic carbocycles. The maximum absolute atomic E-state index is 13.0. The molecular weight excluding hydrogens is 312 g/mol. The van der Waals surface area contributed by atoms with Crippen molar-refractivity contribution in [3.63, 3.8) is 0 Å². The van der Waals surface area contributed by atoms with E-state index in [1.807, 2.05) is 47.5 Å². The predicted octanol–water partition coefficient (Wildman–Crippen LogP) is 2.50. The van der Waals surface area contributed by atoms with Gasteiger partial charge in [0.05, 0.1) is 5.56 Å². The number of aromatic nitrogens is 1. The van der Waals surface area contributed by atoms with Gasteiger partial charge in [-0.1, -0.05) is 18.2 Å². The molecule has 0 spiro atoms. The van der Waals surface area contributed by atoms with Gasteiger partial charge in [-0.05, 0) is 48.4 Å². The second-order valence-corrected chi connectivity index (χ2v) is 7.14. The minimum Gasteiger partial charge on any atom is -0.380 e. The van der Waals surface area contributed by atoms with Gasteiger partial charge in [0.1, 0.15) is 0 Å². The van der Waals surface area contributed by atoms with E-state index < -0.39 is 0 Å². The average Bonchev–Trinajstić information content (AvgIpc) is 3.23. The van der Waals surface area contributed by atoms with Crippen LogP contribution in [0.3, 0.4) is 0 Å². The van der Waals surface area contributed by atoms with Crippen molar-refractivity contribution in [1.82, 2.24) is 9.88 Å². The highest BCUT2D eigenvalue weighted by Gasteiger charge is 2.42. The summed E-state index contributed by atoms with van der Waals surface area (Å²) in [5.74, 6) is 1.16. The molecule has 2 aromatic rings. The van der Waals surface area contributed by atoms with Gasteiger partial charge in [-0.15, -0.1) is 0 Å². The number of likely N-dealkylation sites (tertiary alicyclic amines) is 1. The third-order valence-electron chi connectivity index (χ3n) is 5.56. The molecule has 0 radical (unpaired) electrons. The maximum atomic E-state index is 13.0. The Labute approximate surface area is 148 Å². The largest absolute Gasteiger partial charge is 0.380 e. The molecule has 25 heavy (non-hydrogen) atoms. The van der Waals surface area contributed by atoms with E-state index in [0.717, 1.165) is 42.7 Å². The van der Waals surface area contributed by atoms with Crippen LogP contribution < -0.4 is 11.1 Å². The Bertz CT molecular complexity index is 748. The standard InChI is InChI=1S/C20H24N4O/c21-18-8-7-15-12-24(13-17(15)18)20(25)16-5-1-2-6-19(16)23-11-14-4-3-9-22-10-14/h1-6,9-10,15,17-18,23H,7-8,11-13,21H2. The van der Waals surface area contributed by atoms with Gasteiger partial charge in [-0.3, -0.25) is 9.78 Å². The molecule has 2 aliphatic rings.